The van der Waals surface area contributed by atoms with Crippen molar-refractivity contribution in [2.24, 2.45) is 0 Å². The number of hydrogen-bond acceptors (Lipinski definition) is 5. The number of anilines is 1. The summed E-state index contributed by atoms with van der Waals surface area (Å²) in [4.78, 5) is 14.9. The molecule has 2 aromatic carbocycles. The highest BCUT2D eigenvalue weighted by Gasteiger charge is 2.31. The molecule has 0 saturated heterocycles. The minimum Gasteiger partial charge on any atom is -0.382 e. The predicted molar refractivity (Wildman–Crippen MR) is 106 cm³/mol. The Balaban J connectivity index is 2.46. The summed E-state index contributed by atoms with van der Waals surface area (Å²) in [6.07, 6.45) is -0.564. The van der Waals surface area contributed by atoms with Crippen molar-refractivity contribution in [2.45, 2.75) is 26.2 Å². The number of ether oxygens (including phenoxy) is 4. The van der Waals surface area contributed by atoms with E-state index in [0.29, 0.717) is 13.2 Å². The number of methoxy groups -OCH3 is 3. The average molecular weight is 375 g/mol. The molecule has 0 heterocycles. The highest BCUT2D eigenvalue weighted by Crippen LogP contribution is 2.33. The molecule has 148 valence electrons. The molecular formula is C21H29NO5. The van der Waals surface area contributed by atoms with Gasteiger partial charge in [-0.05, 0) is 24.8 Å². The Morgan fingerprint density at radius 1 is 1.04 bits per heavy atom. The average Bonchev–Trinajstić information content (AvgIpc) is 2.68. The monoisotopic (exact) mass is 375 g/mol. The van der Waals surface area contributed by atoms with Gasteiger partial charge < -0.3 is 23.8 Å². The molecule has 0 bridgehead atoms. The zero-order valence-corrected chi connectivity index (χ0v) is 16.7. The Labute approximate surface area is 161 Å². The predicted octanol–water partition coefficient (Wildman–Crippen LogP) is 3.15. The summed E-state index contributed by atoms with van der Waals surface area (Å²) < 4.78 is 21.3. The third kappa shape index (κ3) is 5.05. The Morgan fingerprint density at radius 2 is 1.74 bits per heavy atom. The van der Waals surface area contributed by atoms with E-state index in [1.807, 2.05) is 44.2 Å². The fourth-order valence-electron chi connectivity index (χ4n) is 3.22. The molecular weight excluding hydrogens is 346 g/mol. The maximum Gasteiger partial charge on any atom is 0.253 e. The molecule has 0 aliphatic carbocycles. The molecule has 1 unspecified atom stereocenters. The lowest BCUT2D eigenvalue weighted by molar-refractivity contribution is -0.133. The zero-order valence-electron chi connectivity index (χ0n) is 16.7. The molecule has 0 aromatic heterocycles. The van der Waals surface area contributed by atoms with Gasteiger partial charge in [0.15, 0.2) is 6.29 Å². The van der Waals surface area contributed by atoms with Crippen LogP contribution in [0, 0.1) is 6.92 Å². The van der Waals surface area contributed by atoms with E-state index in [1.165, 1.54) is 0 Å². The van der Waals surface area contributed by atoms with Crippen LogP contribution in [0.25, 0.3) is 10.8 Å². The second-order valence-electron chi connectivity index (χ2n) is 6.34. The van der Waals surface area contributed by atoms with Crippen LogP contribution in [0.5, 0.6) is 0 Å². The second kappa shape index (κ2) is 10.4. The lowest BCUT2D eigenvalue weighted by atomic mass is 10.0. The van der Waals surface area contributed by atoms with Gasteiger partial charge in [0.25, 0.3) is 5.91 Å². The number of rotatable bonds is 10. The zero-order chi connectivity index (χ0) is 19.8. The van der Waals surface area contributed by atoms with E-state index in [-0.39, 0.29) is 18.6 Å². The van der Waals surface area contributed by atoms with Crippen LogP contribution in [0.15, 0.2) is 36.4 Å². The van der Waals surface area contributed by atoms with Gasteiger partial charge in [-0.25, -0.2) is 0 Å². The number of aryl methyl sites for hydroxylation is 1. The first kappa shape index (κ1) is 21.3. The molecule has 0 radical (unpaired) electrons. The van der Waals surface area contributed by atoms with Gasteiger partial charge in [0.2, 0.25) is 0 Å². The van der Waals surface area contributed by atoms with Crippen LogP contribution in [-0.2, 0) is 23.7 Å². The van der Waals surface area contributed by atoms with Crippen molar-refractivity contribution in [1.29, 1.82) is 0 Å². The van der Waals surface area contributed by atoms with Gasteiger partial charge in [0.05, 0.1) is 24.9 Å². The van der Waals surface area contributed by atoms with E-state index in [9.17, 15) is 4.79 Å². The fraction of sp³-hybridized carbons (Fsp3) is 0.476. The summed E-state index contributed by atoms with van der Waals surface area (Å²) >= 11 is 0. The molecule has 1 atom stereocenters. The normalized spacial score (nSPS) is 12.5. The van der Waals surface area contributed by atoms with Gasteiger partial charge in [-0.15, -0.1) is 0 Å². The van der Waals surface area contributed by atoms with Crippen LogP contribution in [0.3, 0.4) is 0 Å². The van der Waals surface area contributed by atoms with E-state index < -0.39 is 6.29 Å². The molecule has 6 heteroatoms. The van der Waals surface area contributed by atoms with Crippen molar-refractivity contribution >= 4 is 22.4 Å². The van der Waals surface area contributed by atoms with Crippen molar-refractivity contribution in [2.75, 3.05) is 46.0 Å². The Morgan fingerprint density at radius 3 is 2.41 bits per heavy atom. The largest absolute Gasteiger partial charge is 0.382 e. The van der Waals surface area contributed by atoms with Crippen LogP contribution >= 0.6 is 0 Å². The fourth-order valence-corrected chi connectivity index (χ4v) is 3.22. The van der Waals surface area contributed by atoms with Gasteiger partial charge in [0.1, 0.15) is 6.61 Å². The number of fused-ring (bicyclic) bond motifs is 1. The molecule has 2 rings (SSSR count). The van der Waals surface area contributed by atoms with Gasteiger partial charge in [-0.2, -0.15) is 0 Å². The summed E-state index contributed by atoms with van der Waals surface area (Å²) in [5.41, 5.74) is 1.84. The molecule has 0 saturated carbocycles. The Bertz CT molecular complexity index is 744. The van der Waals surface area contributed by atoms with Gasteiger partial charge in [0, 0.05) is 26.7 Å². The summed E-state index contributed by atoms with van der Waals surface area (Å²) in [6, 6.07) is 11.7. The van der Waals surface area contributed by atoms with E-state index in [2.05, 4.69) is 6.07 Å². The van der Waals surface area contributed by atoms with Gasteiger partial charge in [-0.1, -0.05) is 36.4 Å². The quantitative estimate of drug-likeness (QED) is 0.472. The summed E-state index contributed by atoms with van der Waals surface area (Å²) in [6.45, 7) is 4.66. The molecule has 0 spiro atoms. The molecule has 0 aliphatic rings. The summed E-state index contributed by atoms with van der Waals surface area (Å²) in [5, 5.41) is 2.07. The minimum absolute atomic E-state index is 0.0451. The third-order valence-electron chi connectivity index (χ3n) is 4.54. The van der Waals surface area contributed by atoms with Gasteiger partial charge >= 0.3 is 0 Å². The highest BCUT2D eigenvalue weighted by atomic mass is 16.7. The first-order chi connectivity index (χ1) is 13.0. The maximum absolute atomic E-state index is 13.1. The Hall–Kier alpha value is -1.99. The van der Waals surface area contributed by atoms with Crippen molar-refractivity contribution < 1.29 is 23.7 Å². The number of hydrogen-bond donors (Lipinski definition) is 0. The topological polar surface area (TPSA) is 57.2 Å². The van der Waals surface area contributed by atoms with E-state index in [1.54, 1.807) is 26.2 Å². The van der Waals surface area contributed by atoms with Crippen LogP contribution in [0.4, 0.5) is 5.69 Å². The van der Waals surface area contributed by atoms with Crippen molar-refractivity contribution in [3.8, 4) is 0 Å². The molecule has 0 N–H and O–H groups in total. The van der Waals surface area contributed by atoms with Crippen LogP contribution in [0.2, 0.25) is 0 Å². The molecule has 27 heavy (non-hydrogen) atoms. The Kier molecular flexibility index (Phi) is 8.19. The summed E-state index contributed by atoms with van der Waals surface area (Å²) in [7, 11) is 4.73. The van der Waals surface area contributed by atoms with Crippen molar-refractivity contribution in [3.63, 3.8) is 0 Å². The van der Waals surface area contributed by atoms with Crippen LogP contribution in [-0.4, -0.2) is 59.4 Å². The minimum atomic E-state index is -0.564. The molecule has 6 nitrogen and oxygen atoms in total. The lowest BCUT2D eigenvalue weighted by Crippen LogP contribution is -2.48. The molecule has 0 fully saturated rings. The summed E-state index contributed by atoms with van der Waals surface area (Å²) in [5.74, 6) is -0.155. The molecule has 0 aliphatic heterocycles. The standard InChI is InChI=1S/C21H29NO5/c1-15-10-11-17-8-6-7-9-18(17)20(15)22(16(2)21(25-4)26-5)19(23)14-27-13-12-24-3/h6-11,16,21H,12-14H2,1-5H3. The van der Waals surface area contributed by atoms with Gasteiger partial charge in [-0.3, -0.25) is 4.79 Å². The number of benzene rings is 2. The van der Waals surface area contributed by atoms with Crippen molar-refractivity contribution in [1.82, 2.24) is 0 Å². The SMILES string of the molecule is COCCOCC(=O)N(c1c(C)ccc2ccccc12)C(C)C(OC)OC. The number of carbonyl (C=O) groups excluding carboxylic acids is 1. The van der Waals surface area contributed by atoms with E-state index >= 15 is 0 Å². The van der Waals surface area contributed by atoms with Crippen LogP contribution in [0.1, 0.15) is 12.5 Å². The first-order valence-corrected chi connectivity index (χ1v) is 8.97. The smallest absolute Gasteiger partial charge is 0.253 e. The third-order valence-corrected chi connectivity index (χ3v) is 4.54. The number of amides is 1. The second-order valence-corrected chi connectivity index (χ2v) is 6.34. The van der Waals surface area contributed by atoms with Crippen molar-refractivity contribution in [3.05, 3.63) is 42.0 Å². The van der Waals surface area contributed by atoms with Crippen LogP contribution < -0.4 is 4.90 Å². The van der Waals surface area contributed by atoms with E-state index in [4.69, 9.17) is 18.9 Å². The number of nitrogens with zero attached hydrogens (tertiary/aromatic N) is 1. The first-order valence-electron chi connectivity index (χ1n) is 8.97. The number of carbonyl (C=O) groups is 1. The highest BCUT2D eigenvalue weighted by molar-refractivity contribution is 6.05. The van der Waals surface area contributed by atoms with E-state index in [0.717, 1.165) is 22.0 Å². The molecule has 2 aromatic rings. The maximum atomic E-state index is 13.1. The lowest BCUT2D eigenvalue weighted by Gasteiger charge is -2.35. The molecule has 1 amide bonds.